The van der Waals surface area contributed by atoms with Gasteiger partial charge in [-0.05, 0) is 48.5 Å². The van der Waals surface area contributed by atoms with Crippen molar-refractivity contribution >= 4 is 51.3 Å². The predicted octanol–water partition coefficient (Wildman–Crippen LogP) is 4.12. The van der Waals surface area contributed by atoms with Gasteiger partial charge in [0.1, 0.15) is 0 Å². The minimum absolute atomic E-state index is 0.135. The maximum Gasteiger partial charge on any atom is 0.265 e. The summed E-state index contributed by atoms with van der Waals surface area (Å²) >= 11 is 12.2. The highest BCUT2D eigenvalue weighted by Gasteiger charge is 2.24. The van der Waals surface area contributed by atoms with Crippen LogP contribution in [0.25, 0.3) is 16.6 Å². The van der Waals surface area contributed by atoms with Crippen LogP contribution in [0.3, 0.4) is 0 Å². The molecule has 1 fully saturated rings. The van der Waals surface area contributed by atoms with Crippen molar-refractivity contribution in [3.05, 3.63) is 86.8 Å². The van der Waals surface area contributed by atoms with Crippen LogP contribution in [0.4, 0.5) is 5.69 Å². The number of hydrogen-bond donors (Lipinski definition) is 0. The predicted molar refractivity (Wildman–Crippen MR) is 124 cm³/mol. The van der Waals surface area contributed by atoms with E-state index >= 15 is 0 Å². The Balaban J connectivity index is 1.46. The molecule has 0 saturated carbocycles. The van der Waals surface area contributed by atoms with Gasteiger partial charge in [-0.15, -0.1) is 0 Å². The normalized spacial score (nSPS) is 14.4. The van der Waals surface area contributed by atoms with E-state index in [4.69, 9.17) is 23.2 Å². The number of fused-ring (bicyclic) bond motifs is 2. The molecule has 156 valence electrons. The molecule has 3 heterocycles. The number of piperazine rings is 1. The smallest absolute Gasteiger partial charge is 0.265 e. The van der Waals surface area contributed by atoms with Gasteiger partial charge in [0.2, 0.25) is 0 Å². The van der Waals surface area contributed by atoms with Crippen LogP contribution in [-0.4, -0.2) is 46.4 Å². The Labute approximate surface area is 188 Å². The molecule has 5 rings (SSSR count). The number of pyridine rings is 1. The number of aromatic nitrogens is 2. The molecule has 1 amide bonds. The lowest BCUT2D eigenvalue weighted by atomic mass is 10.1. The number of nitrogens with zero attached hydrogens (tertiary/aromatic N) is 4. The van der Waals surface area contributed by atoms with Gasteiger partial charge in [0.05, 0.1) is 16.5 Å². The standard InChI is InChI=1S/C23H18Cl2N4O2/c24-15-3-1-4-17(13-15)27-9-11-28(12-10-27)22(30)18-5-2-8-29-21(18)26-20-7-6-16(25)14-19(20)23(29)31/h1-8,13-14H,9-12H2. The first-order valence-electron chi connectivity index (χ1n) is 9.92. The number of hydrogen-bond acceptors (Lipinski definition) is 4. The fourth-order valence-corrected chi connectivity index (χ4v) is 4.33. The Morgan fingerprint density at radius 2 is 1.68 bits per heavy atom. The first kappa shape index (κ1) is 19.8. The zero-order chi connectivity index (χ0) is 21.5. The van der Waals surface area contributed by atoms with Crippen molar-refractivity contribution < 1.29 is 4.79 Å². The lowest BCUT2D eigenvalue weighted by molar-refractivity contribution is 0.0748. The molecule has 4 aromatic rings. The van der Waals surface area contributed by atoms with E-state index in [-0.39, 0.29) is 11.5 Å². The number of carbonyl (C=O) groups is 1. The van der Waals surface area contributed by atoms with Crippen LogP contribution in [0.1, 0.15) is 10.4 Å². The molecule has 6 nitrogen and oxygen atoms in total. The van der Waals surface area contributed by atoms with Gasteiger partial charge in [-0.25, -0.2) is 4.98 Å². The van der Waals surface area contributed by atoms with E-state index in [0.717, 1.165) is 5.69 Å². The van der Waals surface area contributed by atoms with E-state index in [9.17, 15) is 9.59 Å². The molecule has 8 heteroatoms. The average molecular weight is 453 g/mol. The van der Waals surface area contributed by atoms with Gasteiger partial charge in [-0.2, -0.15) is 0 Å². The average Bonchev–Trinajstić information content (AvgIpc) is 2.79. The molecule has 0 spiro atoms. The first-order chi connectivity index (χ1) is 15.0. The number of carbonyl (C=O) groups excluding carboxylic acids is 1. The monoisotopic (exact) mass is 452 g/mol. The Kier molecular flexibility index (Phi) is 5.04. The first-order valence-corrected chi connectivity index (χ1v) is 10.7. The van der Waals surface area contributed by atoms with Crippen LogP contribution >= 0.6 is 23.2 Å². The fraction of sp³-hybridized carbons (Fsp3) is 0.174. The molecule has 31 heavy (non-hydrogen) atoms. The molecule has 2 aromatic heterocycles. The Bertz CT molecular complexity index is 1380. The zero-order valence-corrected chi connectivity index (χ0v) is 18.0. The largest absolute Gasteiger partial charge is 0.368 e. The van der Waals surface area contributed by atoms with Crippen LogP contribution in [0, 0.1) is 0 Å². The highest BCUT2D eigenvalue weighted by atomic mass is 35.5. The Morgan fingerprint density at radius 3 is 2.45 bits per heavy atom. The summed E-state index contributed by atoms with van der Waals surface area (Å²) < 4.78 is 1.41. The maximum absolute atomic E-state index is 13.3. The van der Waals surface area contributed by atoms with E-state index in [1.165, 1.54) is 4.40 Å². The van der Waals surface area contributed by atoms with Gasteiger partial charge < -0.3 is 9.80 Å². The van der Waals surface area contributed by atoms with Gasteiger partial charge in [-0.1, -0.05) is 29.3 Å². The second-order valence-electron chi connectivity index (χ2n) is 7.45. The molecule has 0 radical (unpaired) electrons. The van der Waals surface area contributed by atoms with E-state index in [1.54, 1.807) is 41.4 Å². The summed E-state index contributed by atoms with van der Waals surface area (Å²) in [7, 11) is 0. The summed E-state index contributed by atoms with van der Waals surface area (Å²) in [6.45, 7) is 2.54. The fourth-order valence-electron chi connectivity index (χ4n) is 3.98. The van der Waals surface area contributed by atoms with Crippen molar-refractivity contribution in [2.45, 2.75) is 0 Å². The highest BCUT2D eigenvalue weighted by Crippen LogP contribution is 2.22. The number of benzene rings is 2. The van der Waals surface area contributed by atoms with Gasteiger partial charge in [0.25, 0.3) is 11.5 Å². The summed E-state index contributed by atoms with van der Waals surface area (Å²) in [5.41, 5.74) is 2.07. The topological polar surface area (TPSA) is 57.9 Å². The van der Waals surface area contributed by atoms with Crippen molar-refractivity contribution in [2.75, 3.05) is 31.1 Å². The second kappa shape index (κ2) is 7.87. The molecular formula is C23H18Cl2N4O2. The van der Waals surface area contributed by atoms with E-state index in [1.807, 2.05) is 24.3 Å². The van der Waals surface area contributed by atoms with Gasteiger partial charge >= 0.3 is 0 Å². The quantitative estimate of drug-likeness (QED) is 0.429. The molecule has 0 atom stereocenters. The molecule has 0 aliphatic carbocycles. The van der Waals surface area contributed by atoms with Crippen molar-refractivity contribution in [3.8, 4) is 0 Å². The molecular weight excluding hydrogens is 435 g/mol. The molecule has 1 aliphatic heterocycles. The summed E-state index contributed by atoms with van der Waals surface area (Å²) in [4.78, 5) is 34.9. The highest BCUT2D eigenvalue weighted by molar-refractivity contribution is 6.31. The minimum atomic E-state index is -0.247. The summed E-state index contributed by atoms with van der Waals surface area (Å²) in [6.07, 6.45) is 1.62. The summed E-state index contributed by atoms with van der Waals surface area (Å²) in [5.74, 6) is -0.135. The number of amides is 1. The molecule has 0 bridgehead atoms. The Morgan fingerprint density at radius 1 is 0.903 bits per heavy atom. The van der Waals surface area contributed by atoms with Gasteiger partial charge in [0, 0.05) is 48.1 Å². The zero-order valence-electron chi connectivity index (χ0n) is 16.5. The van der Waals surface area contributed by atoms with E-state index in [0.29, 0.717) is 58.3 Å². The molecule has 2 aromatic carbocycles. The van der Waals surface area contributed by atoms with E-state index < -0.39 is 0 Å². The third-order valence-electron chi connectivity index (χ3n) is 5.57. The molecule has 1 saturated heterocycles. The molecule has 1 aliphatic rings. The number of rotatable bonds is 2. The van der Waals surface area contributed by atoms with Crippen LogP contribution in [0.15, 0.2) is 65.6 Å². The van der Waals surface area contributed by atoms with Gasteiger partial charge in [0.15, 0.2) is 5.65 Å². The number of halogens is 2. The van der Waals surface area contributed by atoms with Crippen molar-refractivity contribution in [2.24, 2.45) is 0 Å². The summed E-state index contributed by atoms with van der Waals surface area (Å²) in [6, 6.07) is 16.1. The van der Waals surface area contributed by atoms with Gasteiger partial charge in [-0.3, -0.25) is 14.0 Å². The molecule has 0 unspecified atom stereocenters. The summed E-state index contributed by atoms with van der Waals surface area (Å²) in [5, 5.41) is 1.58. The van der Waals surface area contributed by atoms with Crippen molar-refractivity contribution in [1.29, 1.82) is 0 Å². The van der Waals surface area contributed by atoms with Crippen LogP contribution in [0.5, 0.6) is 0 Å². The lowest BCUT2D eigenvalue weighted by Gasteiger charge is -2.36. The minimum Gasteiger partial charge on any atom is -0.368 e. The third kappa shape index (κ3) is 3.62. The third-order valence-corrected chi connectivity index (χ3v) is 6.04. The SMILES string of the molecule is O=C(c1cccn2c(=O)c3cc(Cl)ccc3nc12)N1CCN(c2cccc(Cl)c2)CC1. The van der Waals surface area contributed by atoms with E-state index in [2.05, 4.69) is 9.88 Å². The lowest BCUT2D eigenvalue weighted by Crippen LogP contribution is -2.49. The number of anilines is 1. The van der Waals surface area contributed by atoms with Crippen LogP contribution in [-0.2, 0) is 0 Å². The van der Waals surface area contributed by atoms with Crippen molar-refractivity contribution in [1.82, 2.24) is 14.3 Å². The second-order valence-corrected chi connectivity index (χ2v) is 8.33. The maximum atomic E-state index is 13.3. The molecule has 0 N–H and O–H groups in total. The Hall–Kier alpha value is -3.09. The van der Waals surface area contributed by atoms with Crippen LogP contribution < -0.4 is 10.5 Å². The van der Waals surface area contributed by atoms with Crippen molar-refractivity contribution in [3.63, 3.8) is 0 Å². The van der Waals surface area contributed by atoms with Crippen LogP contribution in [0.2, 0.25) is 10.0 Å².